The molecule has 108 valence electrons. The molecule has 0 radical (unpaired) electrons. The van der Waals surface area contributed by atoms with E-state index in [1.165, 1.54) is 4.90 Å². The molecule has 0 aromatic heterocycles. The molecule has 0 aliphatic carbocycles. The van der Waals surface area contributed by atoms with Crippen molar-refractivity contribution in [2.24, 2.45) is 0 Å². The number of amides is 1. The Morgan fingerprint density at radius 3 is 2.75 bits per heavy atom. The predicted molar refractivity (Wildman–Crippen MR) is 75.3 cm³/mol. The van der Waals surface area contributed by atoms with Gasteiger partial charge < -0.3 is 10.0 Å². The molecule has 1 N–H and O–H groups in total. The van der Waals surface area contributed by atoms with Crippen molar-refractivity contribution in [1.29, 1.82) is 0 Å². The van der Waals surface area contributed by atoms with E-state index < -0.39 is 11.6 Å². The van der Waals surface area contributed by atoms with Gasteiger partial charge in [-0.05, 0) is 24.1 Å². The van der Waals surface area contributed by atoms with Crippen LogP contribution in [0.15, 0.2) is 22.7 Å². The molecule has 0 spiro atoms. The number of aryl methyl sites for hydroxylation is 1. The molecule has 20 heavy (non-hydrogen) atoms. The number of hydrogen-bond donors (Lipinski definition) is 1. The second kappa shape index (κ2) is 5.52. The molecule has 1 aliphatic heterocycles. The van der Waals surface area contributed by atoms with Gasteiger partial charge in [-0.25, -0.2) is 9.18 Å². The van der Waals surface area contributed by atoms with E-state index in [1.54, 1.807) is 0 Å². The number of carboxylic acid groups (broad SMARTS) is 1. The fourth-order valence-electron chi connectivity index (χ4n) is 2.19. The Kier molecular flexibility index (Phi) is 4.13. The maximum Gasteiger partial charge on any atom is 0.343 e. The number of carbonyl (C=O) groups is 2. The summed E-state index contributed by atoms with van der Waals surface area (Å²) in [6.45, 7) is 1.73. The molecule has 1 aromatic carbocycles. The van der Waals surface area contributed by atoms with E-state index in [9.17, 15) is 14.0 Å². The van der Waals surface area contributed by atoms with Crippen LogP contribution in [0.5, 0.6) is 0 Å². The second-order valence-electron chi connectivity index (χ2n) is 5.10. The Morgan fingerprint density at radius 2 is 2.20 bits per heavy atom. The van der Waals surface area contributed by atoms with E-state index in [2.05, 4.69) is 15.9 Å². The van der Waals surface area contributed by atoms with Gasteiger partial charge in [0.2, 0.25) is 11.6 Å². The number of rotatable bonds is 3. The summed E-state index contributed by atoms with van der Waals surface area (Å²) in [5.41, 5.74) is -0.418. The summed E-state index contributed by atoms with van der Waals surface area (Å²) in [5, 5.41) is 8.81. The Balaban J connectivity index is 2.03. The molecule has 4 nitrogen and oxygen atoms in total. The van der Waals surface area contributed by atoms with E-state index >= 15 is 0 Å². The average molecular weight is 344 g/mol. The van der Waals surface area contributed by atoms with Crippen molar-refractivity contribution >= 4 is 27.8 Å². The normalized spacial score (nSPS) is 22.1. The highest BCUT2D eigenvalue weighted by Crippen LogP contribution is 2.26. The minimum atomic E-state index is -2.30. The lowest BCUT2D eigenvalue weighted by Gasteiger charge is -2.18. The zero-order valence-electron chi connectivity index (χ0n) is 11.0. The number of aliphatic carboxylic acids is 1. The van der Waals surface area contributed by atoms with Crippen molar-refractivity contribution in [3.8, 4) is 0 Å². The smallest absolute Gasteiger partial charge is 0.343 e. The van der Waals surface area contributed by atoms with Crippen LogP contribution in [0.2, 0.25) is 0 Å². The molecule has 6 heteroatoms. The number of alkyl halides is 1. The summed E-state index contributed by atoms with van der Waals surface area (Å²) >= 11 is 3.39. The number of benzene rings is 1. The van der Waals surface area contributed by atoms with E-state index in [-0.39, 0.29) is 31.8 Å². The lowest BCUT2D eigenvalue weighted by Crippen LogP contribution is -2.39. The van der Waals surface area contributed by atoms with Gasteiger partial charge in [0.25, 0.3) is 0 Å². The fourth-order valence-corrected chi connectivity index (χ4v) is 2.62. The maximum absolute atomic E-state index is 13.9. The summed E-state index contributed by atoms with van der Waals surface area (Å²) in [6.07, 6.45) is 0.000243. The molecule has 1 amide bonds. The molecule has 1 heterocycles. The molecule has 1 saturated heterocycles. The highest BCUT2D eigenvalue weighted by atomic mass is 79.9. The van der Waals surface area contributed by atoms with Crippen molar-refractivity contribution in [3.63, 3.8) is 0 Å². The van der Waals surface area contributed by atoms with Crippen molar-refractivity contribution < 1.29 is 19.1 Å². The zero-order chi connectivity index (χ0) is 14.9. The summed E-state index contributed by atoms with van der Waals surface area (Å²) in [4.78, 5) is 24.2. The minimum absolute atomic E-state index is 0.147. The molecule has 1 fully saturated rings. The van der Waals surface area contributed by atoms with Gasteiger partial charge in [-0.3, -0.25) is 4.79 Å². The molecular formula is C14H15BrFNO3. The van der Waals surface area contributed by atoms with E-state index in [4.69, 9.17) is 5.11 Å². The van der Waals surface area contributed by atoms with Crippen LogP contribution >= 0.6 is 15.9 Å². The van der Waals surface area contributed by atoms with Crippen LogP contribution in [-0.4, -0.2) is 40.6 Å². The second-order valence-corrected chi connectivity index (χ2v) is 5.95. The first-order valence-corrected chi connectivity index (χ1v) is 7.06. The van der Waals surface area contributed by atoms with E-state index in [1.807, 2.05) is 25.1 Å². The molecule has 1 atom stereocenters. The van der Waals surface area contributed by atoms with Crippen LogP contribution in [0, 0.1) is 6.92 Å². The minimum Gasteiger partial charge on any atom is -0.479 e. The summed E-state index contributed by atoms with van der Waals surface area (Å²) < 4.78 is 14.8. The Bertz CT molecular complexity index is 563. The van der Waals surface area contributed by atoms with Crippen LogP contribution in [0.3, 0.4) is 0 Å². The predicted octanol–water partition coefficient (Wildman–Crippen LogP) is 2.33. The number of nitrogens with zero attached hydrogens (tertiary/aromatic N) is 1. The van der Waals surface area contributed by atoms with Gasteiger partial charge in [0.15, 0.2) is 0 Å². The van der Waals surface area contributed by atoms with Gasteiger partial charge in [-0.1, -0.05) is 28.1 Å². The summed E-state index contributed by atoms with van der Waals surface area (Å²) in [5.74, 6) is -1.74. The van der Waals surface area contributed by atoms with Gasteiger partial charge in [-0.15, -0.1) is 0 Å². The molecule has 0 saturated carbocycles. The Hall–Kier alpha value is -1.43. The lowest BCUT2D eigenvalue weighted by molar-refractivity contribution is -0.150. The van der Waals surface area contributed by atoms with Gasteiger partial charge in [0, 0.05) is 17.4 Å². The molecular weight excluding hydrogens is 329 g/mol. The first-order valence-electron chi connectivity index (χ1n) is 6.27. The van der Waals surface area contributed by atoms with Gasteiger partial charge in [-0.2, -0.15) is 0 Å². The number of halogens is 2. The number of hydrogen-bond acceptors (Lipinski definition) is 2. The monoisotopic (exact) mass is 343 g/mol. The standard InChI is InChI=1S/C14H15BrFNO3/c1-9-2-3-10(6-11(9)15)7-12(18)17-5-4-14(16,8-17)13(19)20/h2-3,6H,4-5,7-8H2,1H3,(H,19,20). The number of carbonyl (C=O) groups excluding carboxylic acids is 1. The van der Waals surface area contributed by atoms with Crippen LogP contribution in [0.1, 0.15) is 17.5 Å². The third-order valence-electron chi connectivity index (χ3n) is 3.55. The van der Waals surface area contributed by atoms with Crippen LogP contribution in [-0.2, 0) is 16.0 Å². The third-order valence-corrected chi connectivity index (χ3v) is 4.40. The quantitative estimate of drug-likeness (QED) is 0.916. The first-order chi connectivity index (χ1) is 9.32. The van der Waals surface area contributed by atoms with Gasteiger partial charge >= 0.3 is 5.97 Å². The summed E-state index contributed by atoms with van der Waals surface area (Å²) in [7, 11) is 0. The Morgan fingerprint density at radius 1 is 1.50 bits per heavy atom. The highest BCUT2D eigenvalue weighted by Gasteiger charge is 2.46. The van der Waals surface area contributed by atoms with E-state index in [0.29, 0.717) is 0 Å². The van der Waals surface area contributed by atoms with Crippen molar-refractivity contribution in [2.75, 3.05) is 13.1 Å². The Labute approximate surface area is 124 Å². The topological polar surface area (TPSA) is 57.6 Å². The van der Waals surface area contributed by atoms with Crippen LogP contribution < -0.4 is 0 Å². The highest BCUT2D eigenvalue weighted by molar-refractivity contribution is 9.10. The van der Waals surface area contributed by atoms with Crippen molar-refractivity contribution in [3.05, 3.63) is 33.8 Å². The molecule has 2 rings (SSSR count). The number of carboxylic acids is 1. The van der Waals surface area contributed by atoms with Crippen molar-refractivity contribution in [1.82, 2.24) is 4.90 Å². The van der Waals surface area contributed by atoms with Crippen LogP contribution in [0.4, 0.5) is 4.39 Å². The lowest BCUT2D eigenvalue weighted by atomic mass is 10.1. The fraction of sp³-hybridized carbons (Fsp3) is 0.429. The summed E-state index contributed by atoms with van der Waals surface area (Å²) in [6, 6.07) is 5.59. The largest absolute Gasteiger partial charge is 0.479 e. The van der Waals surface area contributed by atoms with Gasteiger partial charge in [0.1, 0.15) is 0 Å². The molecule has 1 aromatic rings. The van der Waals surface area contributed by atoms with Gasteiger partial charge in [0.05, 0.1) is 13.0 Å². The van der Waals surface area contributed by atoms with E-state index in [0.717, 1.165) is 15.6 Å². The SMILES string of the molecule is Cc1ccc(CC(=O)N2CCC(F)(C(=O)O)C2)cc1Br. The molecule has 1 aliphatic rings. The zero-order valence-corrected chi connectivity index (χ0v) is 12.6. The third kappa shape index (κ3) is 3.00. The average Bonchev–Trinajstić information content (AvgIpc) is 2.78. The number of likely N-dealkylation sites (tertiary alicyclic amines) is 1. The molecule has 0 bridgehead atoms. The maximum atomic E-state index is 13.9. The molecule has 1 unspecified atom stereocenters. The van der Waals surface area contributed by atoms with Crippen molar-refractivity contribution in [2.45, 2.75) is 25.4 Å². The van der Waals surface area contributed by atoms with Crippen LogP contribution in [0.25, 0.3) is 0 Å². The first kappa shape index (κ1) is 15.0.